The van der Waals surface area contributed by atoms with Gasteiger partial charge in [-0.3, -0.25) is 14.2 Å². The van der Waals surface area contributed by atoms with E-state index in [-0.39, 0.29) is 11.7 Å². The number of aromatic nitrogens is 2. The molecule has 0 aliphatic rings. The highest BCUT2D eigenvalue weighted by Gasteiger charge is 2.18. The van der Waals surface area contributed by atoms with Crippen molar-refractivity contribution in [3.8, 4) is 11.3 Å². The van der Waals surface area contributed by atoms with Crippen LogP contribution in [-0.4, -0.2) is 29.9 Å². The van der Waals surface area contributed by atoms with Crippen molar-refractivity contribution in [2.45, 2.75) is 13.5 Å². The first-order valence-electron chi connectivity index (χ1n) is 10.5. The molecule has 0 aliphatic carbocycles. The fourth-order valence-electron chi connectivity index (χ4n) is 3.32. The summed E-state index contributed by atoms with van der Waals surface area (Å²) in [4.78, 5) is 13.2. The minimum Gasteiger partial charge on any atom is -0.322 e. The second kappa shape index (κ2) is 9.70. The average Bonchev–Trinajstić information content (AvgIpc) is 3.25. The molecule has 3 aromatic carbocycles. The number of amides is 1. The molecule has 0 radical (unpaired) electrons. The number of nitrogens with one attached hydrogen (secondary N) is 2. The van der Waals surface area contributed by atoms with Crippen LogP contribution in [0.3, 0.4) is 0 Å². The zero-order chi connectivity index (χ0) is 23.3. The number of carbonyl (C=O) groups is 1. The zero-order valence-corrected chi connectivity index (χ0v) is 18.9. The predicted molar refractivity (Wildman–Crippen MR) is 131 cm³/mol. The molecule has 4 rings (SSSR count). The maximum Gasteiger partial charge on any atom is 0.259 e. The van der Waals surface area contributed by atoms with Gasteiger partial charge in [-0.2, -0.15) is 5.10 Å². The Hall–Kier alpha value is -3.91. The van der Waals surface area contributed by atoms with Crippen LogP contribution in [0.4, 0.5) is 11.4 Å². The molecule has 0 fully saturated rings. The van der Waals surface area contributed by atoms with Gasteiger partial charge in [0.15, 0.2) is 0 Å². The van der Waals surface area contributed by atoms with Crippen molar-refractivity contribution in [2.75, 3.05) is 15.8 Å². The van der Waals surface area contributed by atoms with E-state index >= 15 is 0 Å². The lowest BCUT2D eigenvalue weighted by molar-refractivity contribution is 0.102. The number of hydrogen-bond donors (Lipinski definition) is 2. The molecule has 0 saturated heterocycles. The summed E-state index contributed by atoms with van der Waals surface area (Å²) in [5, 5.41) is 7.56. The van der Waals surface area contributed by atoms with E-state index in [1.807, 2.05) is 60.7 Å². The van der Waals surface area contributed by atoms with E-state index in [9.17, 15) is 13.2 Å². The van der Waals surface area contributed by atoms with Gasteiger partial charge in [0, 0.05) is 23.1 Å². The number of anilines is 2. The molecule has 7 nitrogen and oxygen atoms in total. The lowest BCUT2D eigenvalue weighted by atomic mass is 10.1. The first-order chi connectivity index (χ1) is 15.9. The minimum absolute atomic E-state index is 0.0132. The first kappa shape index (κ1) is 22.3. The number of benzene rings is 3. The molecular weight excluding hydrogens is 436 g/mol. The number of hydrogen-bond acceptors (Lipinski definition) is 4. The Balaban J connectivity index is 1.58. The summed E-state index contributed by atoms with van der Waals surface area (Å²) >= 11 is 0. The highest BCUT2D eigenvalue weighted by Crippen LogP contribution is 2.24. The van der Waals surface area contributed by atoms with Gasteiger partial charge in [0.05, 0.1) is 17.9 Å². The average molecular weight is 461 g/mol. The molecule has 1 heterocycles. The van der Waals surface area contributed by atoms with Gasteiger partial charge in [0.2, 0.25) is 10.0 Å². The smallest absolute Gasteiger partial charge is 0.259 e. The maximum absolute atomic E-state index is 13.2. The molecule has 8 heteroatoms. The van der Waals surface area contributed by atoms with E-state index in [1.165, 1.54) is 0 Å². The van der Waals surface area contributed by atoms with Gasteiger partial charge in [-0.1, -0.05) is 60.7 Å². The van der Waals surface area contributed by atoms with Gasteiger partial charge in [-0.25, -0.2) is 8.42 Å². The summed E-state index contributed by atoms with van der Waals surface area (Å²) in [5.41, 5.74) is 3.96. The molecular formula is C25H24N4O3S. The highest BCUT2D eigenvalue weighted by atomic mass is 32.2. The van der Waals surface area contributed by atoms with E-state index in [0.29, 0.717) is 29.2 Å². The summed E-state index contributed by atoms with van der Waals surface area (Å²) in [6, 6.07) is 26.0. The number of nitrogens with zero attached hydrogens (tertiary/aromatic N) is 2. The van der Waals surface area contributed by atoms with Crippen molar-refractivity contribution in [2.24, 2.45) is 0 Å². The molecule has 0 bridgehead atoms. The van der Waals surface area contributed by atoms with Crippen LogP contribution < -0.4 is 10.0 Å². The topological polar surface area (TPSA) is 93.1 Å². The summed E-state index contributed by atoms with van der Waals surface area (Å²) in [6.07, 6.45) is 1.74. The Labute approximate surface area is 193 Å². The highest BCUT2D eigenvalue weighted by molar-refractivity contribution is 7.92. The van der Waals surface area contributed by atoms with Gasteiger partial charge >= 0.3 is 0 Å². The van der Waals surface area contributed by atoms with Crippen LogP contribution >= 0.6 is 0 Å². The van der Waals surface area contributed by atoms with E-state index in [4.69, 9.17) is 0 Å². The van der Waals surface area contributed by atoms with Crippen molar-refractivity contribution in [1.82, 2.24) is 9.78 Å². The van der Waals surface area contributed by atoms with Crippen LogP contribution in [0.15, 0.2) is 91.1 Å². The normalized spacial score (nSPS) is 11.2. The SMILES string of the molecule is CCS(=O)(=O)Nc1ccc(NC(=O)c2cn(Cc3ccccc3)nc2-c2ccccc2)cc1. The van der Waals surface area contributed by atoms with Crippen molar-refractivity contribution in [1.29, 1.82) is 0 Å². The Bertz CT molecular complexity index is 1330. The quantitative estimate of drug-likeness (QED) is 0.401. The molecule has 168 valence electrons. The lowest BCUT2D eigenvalue weighted by Gasteiger charge is -2.08. The molecule has 0 unspecified atom stereocenters. The van der Waals surface area contributed by atoms with Gasteiger partial charge < -0.3 is 5.32 Å². The van der Waals surface area contributed by atoms with E-state index in [2.05, 4.69) is 15.1 Å². The second-order valence-corrected chi connectivity index (χ2v) is 9.49. The maximum atomic E-state index is 13.2. The number of rotatable bonds is 8. The Kier molecular flexibility index (Phi) is 6.55. The van der Waals surface area contributed by atoms with Crippen molar-refractivity contribution >= 4 is 27.3 Å². The van der Waals surface area contributed by atoms with Crippen LogP contribution in [-0.2, 0) is 16.6 Å². The summed E-state index contributed by atoms with van der Waals surface area (Å²) < 4.78 is 27.7. The van der Waals surface area contributed by atoms with Gasteiger partial charge in [0.25, 0.3) is 5.91 Å². The summed E-state index contributed by atoms with van der Waals surface area (Å²) in [5.74, 6) is -0.309. The van der Waals surface area contributed by atoms with Crippen molar-refractivity contribution < 1.29 is 13.2 Å². The van der Waals surface area contributed by atoms with Crippen LogP contribution in [0.2, 0.25) is 0 Å². The Morgan fingerprint density at radius 2 is 1.48 bits per heavy atom. The van der Waals surface area contributed by atoms with Crippen LogP contribution in [0, 0.1) is 0 Å². The molecule has 1 aromatic heterocycles. The number of sulfonamides is 1. The lowest BCUT2D eigenvalue weighted by Crippen LogP contribution is -2.15. The molecule has 0 saturated carbocycles. The second-order valence-electron chi connectivity index (χ2n) is 7.48. The van der Waals surface area contributed by atoms with Crippen LogP contribution in [0.5, 0.6) is 0 Å². The largest absolute Gasteiger partial charge is 0.322 e. The number of carbonyl (C=O) groups excluding carboxylic acids is 1. The first-order valence-corrected chi connectivity index (χ1v) is 12.2. The molecule has 0 spiro atoms. The molecule has 2 N–H and O–H groups in total. The predicted octanol–water partition coefficient (Wildman–Crippen LogP) is 4.61. The van der Waals surface area contributed by atoms with E-state index < -0.39 is 10.0 Å². The van der Waals surface area contributed by atoms with Crippen LogP contribution in [0.25, 0.3) is 11.3 Å². The fraction of sp³-hybridized carbons (Fsp3) is 0.120. The Morgan fingerprint density at radius 3 is 2.12 bits per heavy atom. The molecule has 33 heavy (non-hydrogen) atoms. The van der Waals surface area contributed by atoms with E-state index in [0.717, 1.165) is 11.1 Å². The summed E-state index contributed by atoms with van der Waals surface area (Å²) in [7, 11) is -3.36. The van der Waals surface area contributed by atoms with E-state index in [1.54, 1.807) is 42.1 Å². The molecule has 4 aromatic rings. The fourth-order valence-corrected chi connectivity index (χ4v) is 3.96. The third kappa shape index (κ3) is 5.67. The summed E-state index contributed by atoms with van der Waals surface area (Å²) in [6.45, 7) is 2.11. The Morgan fingerprint density at radius 1 is 0.879 bits per heavy atom. The van der Waals surface area contributed by atoms with Crippen LogP contribution in [0.1, 0.15) is 22.8 Å². The molecule has 1 amide bonds. The third-order valence-corrected chi connectivity index (χ3v) is 6.34. The van der Waals surface area contributed by atoms with Gasteiger partial charge in [-0.15, -0.1) is 0 Å². The monoisotopic (exact) mass is 460 g/mol. The zero-order valence-electron chi connectivity index (χ0n) is 18.1. The minimum atomic E-state index is -3.36. The molecule has 0 aliphatic heterocycles. The van der Waals surface area contributed by atoms with Crippen molar-refractivity contribution in [3.63, 3.8) is 0 Å². The van der Waals surface area contributed by atoms with Crippen molar-refractivity contribution in [3.05, 3.63) is 102 Å². The molecule has 0 atom stereocenters. The standard InChI is InChI=1S/C25H24N4O3S/c1-2-33(31,32)28-22-15-13-21(14-16-22)26-25(30)23-18-29(17-19-9-5-3-6-10-19)27-24(23)20-11-7-4-8-12-20/h3-16,18,28H,2,17H2,1H3,(H,26,30). The third-order valence-electron chi connectivity index (χ3n) is 5.04. The van der Waals surface area contributed by atoms with Gasteiger partial charge in [-0.05, 0) is 36.8 Å². The van der Waals surface area contributed by atoms with Gasteiger partial charge in [0.1, 0.15) is 5.69 Å².